The van der Waals surface area contributed by atoms with E-state index in [4.69, 9.17) is 29.4 Å². The third-order valence-corrected chi connectivity index (χ3v) is 11.1. The minimum Gasteiger partial charge on any atom is -0.302 e. The molecular formula is H6O18P6. The van der Waals surface area contributed by atoms with Crippen LogP contribution in [0.1, 0.15) is 0 Å². The van der Waals surface area contributed by atoms with Crippen molar-refractivity contribution in [3.8, 4) is 0 Å². The van der Waals surface area contributed by atoms with Crippen molar-refractivity contribution in [2.45, 2.75) is 0 Å². The largest absolute Gasteiger partial charge is 0.490 e. The van der Waals surface area contributed by atoms with Crippen molar-refractivity contribution in [3.05, 3.63) is 0 Å². The first-order valence-corrected chi connectivity index (χ1v) is 13.5. The molecule has 1 aliphatic heterocycles. The van der Waals surface area contributed by atoms with Gasteiger partial charge in [-0.1, -0.05) is 0 Å². The van der Waals surface area contributed by atoms with E-state index >= 15 is 0 Å². The Kier molecular flexibility index (Phi) is 6.51. The van der Waals surface area contributed by atoms with Crippen LogP contribution in [0.5, 0.6) is 0 Å². The lowest BCUT2D eigenvalue weighted by Gasteiger charge is -2.23. The Labute approximate surface area is 130 Å². The highest BCUT2D eigenvalue weighted by Gasteiger charge is 2.53. The third-order valence-electron chi connectivity index (χ3n) is 1.24. The maximum atomic E-state index is 11.2. The van der Waals surface area contributed by atoms with Gasteiger partial charge in [-0.15, -0.1) is 0 Å². The minimum atomic E-state index is -6.11. The summed E-state index contributed by atoms with van der Waals surface area (Å²) < 4.78 is 86.9. The first kappa shape index (κ1) is 22.9. The van der Waals surface area contributed by atoms with E-state index in [9.17, 15) is 27.4 Å². The van der Waals surface area contributed by atoms with Crippen molar-refractivity contribution in [2.24, 2.45) is 0 Å². The topological polar surface area (TPSA) is 279 Å². The van der Waals surface area contributed by atoms with E-state index in [1.807, 2.05) is 0 Å². The van der Waals surface area contributed by atoms with Gasteiger partial charge in [0.1, 0.15) is 0 Å². The molecule has 0 amide bonds. The van der Waals surface area contributed by atoms with Gasteiger partial charge in [-0.2, -0.15) is 25.9 Å². The van der Waals surface area contributed by atoms with Crippen molar-refractivity contribution in [1.82, 2.24) is 0 Å². The molecule has 0 unspecified atom stereocenters. The van der Waals surface area contributed by atoms with Crippen LogP contribution in [-0.2, 0) is 53.3 Å². The van der Waals surface area contributed by atoms with Crippen molar-refractivity contribution in [3.63, 3.8) is 0 Å². The average molecular weight is 480 g/mol. The molecule has 144 valence electrons. The molecule has 0 spiro atoms. The van der Waals surface area contributed by atoms with Crippen molar-refractivity contribution in [1.29, 1.82) is 0 Å². The summed E-state index contributed by atoms with van der Waals surface area (Å²) in [6.45, 7) is 0. The molecule has 0 radical (unpaired) electrons. The standard InChI is InChI=1S/H6O18P6/c1-19(2)13-20(3,4)15-22(7,8)17-24(11,12)18-23(9,10)16-21(5,6)14-19/h(H,1,2)(H,3,4)(H,5,6)(H,7,8)(H,9,10)(H,11,12). The lowest BCUT2D eigenvalue weighted by atomic mass is 15.7. The van der Waals surface area contributed by atoms with Crippen molar-refractivity contribution >= 4 is 46.9 Å². The average Bonchev–Trinajstić information content (AvgIpc) is 1.98. The second-order valence-electron chi connectivity index (χ2n) is 3.30. The molecule has 0 aromatic heterocycles. The van der Waals surface area contributed by atoms with Gasteiger partial charge in [-0.25, -0.2) is 27.4 Å². The zero-order valence-corrected chi connectivity index (χ0v) is 15.6. The predicted molar refractivity (Wildman–Crippen MR) is 65.5 cm³/mol. The molecule has 6 N–H and O–H groups in total. The Morgan fingerprint density at radius 1 is 0.333 bits per heavy atom. The van der Waals surface area contributed by atoms with Gasteiger partial charge in [0.25, 0.3) is 0 Å². The fourth-order valence-corrected chi connectivity index (χ4v) is 9.46. The number of phosphoric acid groups is 6. The molecule has 1 heterocycles. The Morgan fingerprint density at radius 3 is 0.500 bits per heavy atom. The molecule has 0 bridgehead atoms. The maximum absolute atomic E-state index is 11.2. The summed E-state index contributed by atoms with van der Waals surface area (Å²) in [5.41, 5.74) is 0. The van der Waals surface area contributed by atoms with Crippen LogP contribution < -0.4 is 0 Å². The van der Waals surface area contributed by atoms with Crippen LogP contribution in [0.15, 0.2) is 0 Å². The summed E-state index contributed by atoms with van der Waals surface area (Å²) in [7, 11) is -36.7. The van der Waals surface area contributed by atoms with Crippen LogP contribution in [0.25, 0.3) is 0 Å². The molecule has 1 fully saturated rings. The smallest absolute Gasteiger partial charge is 0.302 e. The van der Waals surface area contributed by atoms with Crippen LogP contribution in [0.3, 0.4) is 0 Å². The van der Waals surface area contributed by atoms with Gasteiger partial charge < -0.3 is 29.4 Å². The summed E-state index contributed by atoms with van der Waals surface area (Å²) in [6.07, 6.45) is 0. The minimum absolute atomic E-state index is 3.28. The summed E-state index contributed by atoms with van der Waals surface area (Å²) in [5, 5.41) is 0. The lowest BCUT2D eigenvalue weighted by Crippen LogP contribution is -2.02. The molecule has 1 aliphatic rings. The fourth-order valence-electron chi connectivity index (χ4n) is 0.872. The van der Waals surface area contributed by atoms with E-state index in [1.54, 1.807) is 0 Å². The molecule has 0 saturated carbocycles. The van der Waals surface area contributed by atoms with E-state index in [1.165, 1.54) is 0 Å². The van der Waals surface area contributed by atoms with E-state index in [0.717, 1.165) is 0 Å². The molecule has 0 aromatic rings. The number of rotatable bonds is 0. The molecule has 0 atom stereocenters. The van der Waals surface area contributed by atoms with Crippen LogP contribution in [-0.4, -0.2) is 29.4 Å². The highest BCUT2D eigenvalue weighted by Crippen LogP contribution is 2.79. The highest BCUT2D eigenvalue weighted by molar-refractivity contribution is 7.75. The number of hydrogen-bond donors (Lipinski definition) is 6. The van der Waals surface area contributed by atoms with E-state index in [2.05, 4.69) is 25.9 Å². The summed E-state index contributed by atoms with van der Waals surface area (Å²) >= 11 is 0. The molecule has 0 aliphatic carbocycles. The predicted octanol–water partition coefficient (Wildman–Crippen LogP) is 0.702. The summed E-state index contributed by atoms with van der Waals surface area (Å²) in [4.78, 5) is 53.6. The molecule has 1 rings (SSSR count). The van der Waals surface area contributed by atoms with Gasteiger partial charge in [0.2, 0.25) is 0 Å². The monoisotopic (exact) mass is 480 g/mol. The second kappa shape index (κ2) is 6.81. The molecule has 24 heteroatoms. The summed E-state index contributed by atoms with van der Waals surface area (Å²) in [6, 6.07) is 0. The van der Waals surface area contributed by atoms with Crippen molar-refractivity contribution < 1.29 is 82.6 Å². The SMILES string of the molecule is O=P1(O)OP(=O)(O)OP(=O)(O)OP(=O)(O)OP(=O)(O)OP(=O)(O)O1. The quantitative estimate of drug-likeness (QED) is 0.260. The van der Waals surface area contributed by atoms with Gasteiger partial charge in [0.05, 0.1) is 0 Å². The summed E-state index contributed by atoms with van der Waals surface area (Å²) in [5.74, 6) is 0. The van der Waals surface area contributed by atoms with Gasteiger partial charge >= 0.3 is 46.9 Å². The molecule has 0 aromatic carbocycles. The zero-order chi connectivity index (χ0) is 19.2. The molecular weight excluding hydrogens is 474 g/mol. The Hall–Kier alpha value is 0.900. The van der Waals surface area contributed by atoms with Gasteiger partial charge in [-0.3, -0.25) is 0 Å². The first-order chi connectivity index (χ1) is 10.2. The van der Waals surface area contributed by atoms with Gasteiger partial charge in [0, 0.05) is 0 Å². The second-order valence-corrected chi connectivity index (χ2v) is 12.8. The highest BCUT2D eigenvalue weighted by atomic mass is 31.3. The molecule has 1 saturated heterocycles. The molecule has 18 nitrogen and oxygen atoms in total. The Morgan fingerprint density at radius 2 is 0.417 bits per heavy atom. The normalized spacial score (nSPS) is 55.2. The van der Waals surface area contributed by atoms with Crippen LogP contribution in [0.2, 0.25) is 0 Å². The fraction of sp³-hybridized carbons (Fsp3) is 0. The van der Waals surface area contributed by atoms with Gasteiger partial charge in [-0.05, 0) is 0 Å². The Bertz CT molecular complexity index is 575. The van der Waals surface area contributed by atoms with Crippen LogP contribution in [0, 0.1) is 0 Å². The van der Waals surface area contributed by atoms with Crippen molar-refractivity contribution in [2.75, 3.05) is 0 Å². The first-order valence-electron chi connectivity index (χ1n) is 4.49. The van der Waals surface area contributed by atoms with Crippen LogP contribution >= 0.6 is 46.9 Å². The molecule has 24 heavy (non-hydrogen) atoms. The number of hydrogen-bond acceptors (Lipinski definition) is 12. The van der Waals surface area contributed by atoms with Crippen LogP contribution in [0.4, 0.5) is 0 Å². The van der Waals surface area contributed by atoms with E-state index in [-0.39, 0.29) is 0 Å². The zero-order valence-electron chi connectivity index (χ0n) is 10.3. The van der Waals surface area contributed by atoms with E-state index < -0.39 is 46.9 Å². The maximum Gasteiger partial charge on any atom is 0.490 e. The third kappa shape index (κ3) is 8.07. The van der Waals surface area contributed by atoms with Gasteiger partial charge in [0.15, 0.2) is 0 Å². The lowest BCUT2D eigenvalue weighted by molar-refractivity contribution is 0.168. The van der Waals surface area contributed by atoms with E-state index in [0.29, 0.717) is 0 Å². The Balaban J connectivity index is 3.40.